The van der Waals surface area contributed by atoms with Crippen LogP contribution in [0.5, 0.6) is 0 Å². The van der Waals surface area contributed by atoms with Gasteiger partial charge in [-0.2, -0.15) is 0 Å². The van der Waals surface area contributed by atoms with Crippen molar-refractivity contribution in [2.75, 3.05) is 0 Å². The van der Waals surface area contributed by atoms with Crippen LogP contribution in [0.4, 0.5) is 0 Å². The lowest BCUT2D eigenvalue weighted by Gasteiger charge is -2.00. The quantitative estimate of drug-likeness (QED) is 0.789. The van der Waals surface area contributed by atoms with Crippen LogP contribution in [0.2, 0.25) is 0 Å². The van der Waals surface area contributed by atoms with E-state index in [-0.39, 0.29) is 0 Å². The smallest absolute Gasteiger partial charge is 0.150 e. The Morgan fingerprint density at radius 2 is 2.14 bits per heavy atom. The SMILES string of the molecule is c1ccc(CNCc2ccno2)nc1. The number of nitrogens with zero attached hydrogens (tertiary/aromatic N) is 2. The van der Waals surface area contributed by atoms with Gasteiger partial charge in [0.15, 0.2) is 0 Å². The van der Waals surface area contributed by atoms with E-state index in [9.17, 15) is 0 Å². The summed E-state index contributed by atoms with van der Waals surface area (Å²) in [5, 5.41) is 6.83. The predicted octanol–water partition coefficient (Wildman–Crippen LogP) is 1.36. The van der Waals surface area contributed by atoms with Crippen LogP contribution in [-0.4, -0.2) is 10.1 Å². The highest BCUT2D eigenvalue weighted by molar-refractivity contribution is 5.03. The van der Waals surface area contributed by atoms with Gasteiger partial charge in [0, 0.05) is 18.8 Å². The first-order chi connectivity index (χ1) is 6.95. The van der Waals surface area contributed by atoms with Crippen molar-refractivity contribution >= 4 is 0 Å². The van der Waals surface area contributed by atoms with E-state index in [1.54, 1.807) is 12.4 Å². The van der Waals surface area contributed by atoms with Gasteiger partial charge in [0.1, 0.15) is 5.76 Å². The van der Waals surface area contributed by atoms with E-state index in [0.29, 0.717) is 6.54 Å². The van der Waals surface area contributed by atoms with E-state index in [1.807, 2.05) is 24.3 Å². The third kappa shape index (κ3) is 2.40. The Morgan fingerprint density at radius 1 is 1.14 bits per heavy atom. The van der Waals surface area contributed by atoms with E-state index < -0.39 is 0 Å². The Balaban J connectivity index is 1.79. The van der Waals surface area contributed by atoms with E-state index in [1.165, 1.54) is 0 Å². The molecule has 72 valence electrons. The van der Waals surface area contributed by atoms with Crippen molar-refractivity contribution in [2.45, 2.75) is 13.1 Å². The topological polar surface area (TPSA) is 51.0 Å². The number of rotatable bonds is 4. The monoisotopic (exact) mass is 189 g/mol. The summed E-state index contributed by atoms with van der Waals surface area (Å²) in [4.78, 5) is 4.19. The molecule has 2 heterocycles. The van der Waals surface area contributed by atoms with Crippen molar-refractivity contribution in [2.24, 2.45) is 0 Å². The Bertz CT molecular complexity index is 358. The summed E-state index contributed by atoms with van der Waals surface area (Å²) < 4.78 is 4.94. The summed E-state index contributed by atoms with van der Waals surface area (Å²) >= 11 is 0. The fraction of sp³-hybridized carbons (Fsp3) is 0.200. The van der Waals surface area contributed by atoms with Gasteiger partial charge in [-0.05, 0) is 12.1 Å². The molecule has 0 amide bonds. The summed E-state index contributed by atoms with van der Waals surface area (Å²) in [6.07, 6.45) is 3.42. The van der Waals surface area contributed by atoms with Crippen molar-refractivity contribution in [3.8, 4) is 0 Å². The number of nitrogens with one attached hydrogen (secondary N) is 1. The lowest BCUT2D eigenvalue weighted by molar-refractivity contribution is 0.372. The largest absolute Gasteiger partial charge is 0.360 e. The van der Waals surface area contributed by atoms with Gasteiger partial charge in [-0.25, -0.2) is 0 Å². The second kappa shape index (κ2) is 4.53. The van der Waals surface area contributed by atoms with Crippen LogP contribution in [-0.2, 0) is 13.1 Å². The van der Waals surface area contributed by atoms with Gasteiger partial charge < -0.3 is 9.84 Å². The zero-order chi connectivity index (χ0) is 9.64. The van der Waals surface area contributed by atoms with Crippen LogP contribution in [0.1, 0.15) is 11.5 Å². The van der Waals surface area contributed by atoms with Gasteiger partial charge in [0.05, 0.1) is 18.4 Å². The molecule has 0 unspecified atom stereocenters. The molecule has 0 aliphatic carbocycles. The molecule has 0 saturated heterocycles. The molecule has 0 spiro atoms. The minimum absolute atomic E-state index is 0.677. The van der Waals surface area contributed by atoms with E-state index in [4.69, 9.17) is 4.52 Å². The lowest BCUT2D eigenvalue weighted by Crippen LogP contribution is -2.12. The van der Waals surface area contributed by atoms with Crippen LogP contribution in [0.15, 0.2) is 41.2 Å². The highest BCUT2D eigenvalue weighted by atomic mass is 16.5. The minimum Gasteiger partial charge on any atom is -0.360 e. The van der Waals surface area contributed by atoms with Gasteiger partial charge in [-0.1, -0.05) is 11.2 Å². The Kier molecular flexibility index (Phi) is 2.88. The molecule has 4 nitrogen and oxygen atoms in total. The van der Waals surface area contributed by atoms with Crippen molar-refractivity contribution in [3.05, 3.63) is 48.1 Å². The van der Waals surface area contributed by atoms with Crippen molar-refractivity contribution < 1.29 is 4.52 Å². The molecule has 4 heteroatoms. The molecule has 2 rings (SSSR count). The van der Waals surface area contributed by atoms with Crippen molar-refractivity contribution in [3.63, 3.8) is 0 Å². The molecule has 0 aliphatic rings. The summed E-state index contributed by atoms with van der Waals surface area (Å²) in [5.41, 5.74) is 1.02. The second-order valence-electron chi connectivity index (χ2n) is 2.90. The fourth-order valence-corrected chi connectivity index (χ4v) is 1.15. The first-order valence-corrected chi connectivity index (χ1v) is 4.45. The molecule has 0 aromatic carbocycles. The lowest BCUT2D eigenvalue weighted by atomic mass is 10.3. The molecule has 2 aromatic heterocycles. The average Bonchev–Trinajstić information content (AvgIpc) is 2.72. The molecule has 14 heavy (non-hydrogen) atoms. The summed E-state index contributed by atoms with van der Waals surface area (Å²) in [7, 11) is 0. The first-order valence-electron chi connectivity index (χ1n) is 4.45. The van der Waals surface area contributed by atoms with E-state index in [2.05, 4.69) is 15.5 Å². The van der Waals surface area contributed by atoms with Crippen LogP contribution in [0.3, 0.4) is 0 Å². The number of hydrogen-bond acceptors (Lipinski definition) is 4. The number of pyridine rings is 1. The minimum atomic E-state index is 0.677. The molecular weight excluding hydrogens is 178 g/mol. The maximum atomic E-state index is 4.94. The summed E-state index contributed by atoms with van der Waals surface area (Å²) in [5.74, 6) is 0.834. The highest BCUT2D eigenvalue weighted by Crippen LogP contribution is 1.97. The van der Waals surface area contributed by atoms with Crippen molar-refractivity contribution in [1.82, 2.24) is 15.5 Å². The van der Waals surface area contributed by atoms with Gasteiger partial charge in [-0.15, -0.1) is 0 Å². The maximum absolute atomic E-state index is 4.94. The summed E-state index contributed by atoms with van der Waals surface area (Å²) in [6, 6.07) is 7.69. The fourth-order valence-electron chi connectivity index (χ4n) is 1.15. The van der Waals surface area contributed by atoms with E-state index in [0.717, 1.165) is 18.0 Å². The molecule has 0 saturated carbocycles. The normalized spacial score (nSPS) is 10.3. The van der Waals surface area contributed by atoms with Crippen LogP contribution in [0.25, 0.3) is 0 Å². The van der Waals surface area contributed by atoms with Gasteiger partial charge in [-0.3, -0.25) is 4.98 Å². The standard InChI is InChI=1S/C10H11N3O/c1-2-5-12-9(3-1)7-11-8-10-4-6-13-14-10/h1-6,11H,7-8H2. The van der Waals surface area contributed by atoms with Crippen LogP contribution >= 0.6 is 0 Å². The third-order valence-electron chi connectivity index (χ3n) is 1.82. The zero-order valence-electron chi connectivity index (χ0n) is 7.68. The average molecular weight is 189 g/mol. The zero-order valence-corrected chi connectivity index (χ0v) is 7.68. The molecule has 2 aromatic rings. The molecule has 0 fully saturated rings. The first kappa shape index (κ1) is 8.90. The second-order valence-corrected chi connectivity index (χ2v) is 2.90. The highest BCUT2D eigenvalue weighted by Gasteiger charge is 1.96. The van der Waals surface area contributed by atoms with Gasteiger partial charge in [0.25, 0.3) is 0 Å². The summed E-state index contributed by atoms with van der Waals surface area (Å²) in [6.45, 7) is 1.41. The molecule has 0 radical (unpaired) electrons. The predicted molar refractivity (Wildman–Crippen MR) is 51.3 cm³/mol. The van der Waals surface area contributed by atoms with Crippen LogP contribution < -0.4 is 5.32 Å². The number of hydrogen-bond donors (Lipinski definition) is 1. The number of aromatic nitrogens is 2. The van der Waals surface area contributed by atoms with E-state index >= 15 is 0 Å². The van der Waals surface area contributed by atoms with Gasteiger partial charge >= 0.3 is 0 Å². The van der Waals surface area contributed by atoms with Gasteiger partial charge in [0.2, 0.25) is 0 Å². The Hall–Kier alpha value is -1.68. The Morgan fingerprint density at radius 3 is 2.86 bits per heavy atom. The Labute approximate surface area is 82.0 Å². The maximum Gasteiger partial charge on any atom is 0.150 e. The molecular formula is C10H11N3O. The molecule has 0 bridgehead atoms. The van der Waals surface area contributed by atoms with Crippen molar-refractivity contribution in [1.29, 1.82) is 0 Å². The molecule has 0 aliphatic heterocycles. The molecule has 1 N–H and O–H groups in total. The van der Waals surface area contributed by atoms with Crippen LogP contribution in [0, 0.1) is 0 Å². The third-order valence-corrected chi connectivity index (χ3v) is 1.82. The molecule has 0 atom stereocenters.